The van der Waals surface area contributed by atoms with E-state index in [1.54, 1.807) is 24.4 Å². The van der Waals surface area contributed by atoms with Crippen molar-refractivity contribution in [3.8, 4) is 0 Å². The summed E-state index contributed by atoms with van der Waals surface area (Å²) in [6, 6.07) is 5.92. The molecule has 9 heteroatoms. The second-order valence-corrected chi connectivity index (χ2v) is 7.90. The maximum atomic E-state index is 12.6. The van der Waals surface area contributed by atoms with E-state index in [4.69, 9.17) is 0 Å². The van der Waals surface area contributed by atoms with Crippen LogP contribution in [0.1, 0.15) is 23.3 Å². The number of nitrogens with zero attached hydrogens (tertiary/aromatic N) is 3. The number of carbonyl (C=O) groups excluding carboxylic acids is 2. The van der Waals surface area contributed by atoms with Crippen molar-refractivity contribution in [2.75, 3.05) is 18.4 Å². The van der Waals surface area contributed by atoms with Crippen LogP contribution in [0, 0.1) is 23.0 Å². The molecule has 0 unspecified atom stereocenters. The number of nitro groups is 1. The van der Waals surface area contributed by atoms with Crippen LogP contribution in [0.25, 0.3) is 6.08 Å². The van der Waals surface area contributed by atoms with E-state index in [2.05, 4.69) is 10.3 Å². The first-order valence-electron chi connectivity index (χ1n) is 8.84. The molecule has 2 aromatic rings. The summed E-state index contributed by atoms with van der Waals surface area (Å²) in [7, 11) is 0. The number of thiazole rings is 1. The Morgan fingerprint density at radius 3 is 2.64 bits per heavy atom. The molecule has 0 saturated heterocycles. The Balaban J connectivity index is 1.62. The summed E-state index contributed by atoms with van der Waals surface area (Å²) >= 11 is 1.38. The van der Waals surface area contributed by atoms with Gasteiger partial charge < -0.3 is 10.2 Å². The lowest BCUT2D eigenvalue weighted by atomic mass is 10.2. The summed E-state index contributed by atoms with van der Waals surface area (Å²) in [6.45, 7) is 2.39. The lowest BCUT2D eigenvalue weighted by molar-refractivity contribution is -0.384. The average molecular weight is 400 g/mol. The largest absolute Gasteiger partial charge is 0.330 e. The zero-order valence-corrected chi connectivity index (χ0v) is 16.1. The third-order valence-electron chi connectivity index (χ3n) is 4.21. The monoisotopic (exact) mass is 400 g/mol. The third-order valence-corrected chi connectivity index (χ3v) is 5.04. The second kappa shape index (κ2) is 8.75. The maximum Gasteiger partial charge on any atom is 0.269 e. The molecule has 1 heterocycles. The lowest BCUT2D eigenvalue weighted by Crippen LogP contribution is -2.38. The van der Waals surface area contributed by atoms with Crippen LogP contribution in [0.3, 0.4) is 0 Å². The van der Waals surface area contributed by atoms with Gasteiger partial charge in [-0.2, -0.15) is 0 Å². The Bertz CT molecular complexity index is 903. The van der Waals surface area contributed by atoms with Crippen molar-refractivity contribution in [3.63, 3.8) is 0 Å². The molecule has 0 bridgehead atoms. The highest BCUT2D eigenvalue weighted by atomic mass is 32.1. The molecule has 1 aromatic heterocycles. The topological polar surface area (TPSA) is 105 Å². The van der Waals surface area contributed by atoms with Gasteiger partial charge in [-0.15, -0.1) is 11.3 Å². The minimum absolute atomic E-state index is 0.00655. The van der Waals surface area contributed by atoms with Crippen LogP contribution in [-0.2, 0) is 9.59 Å². The van der Waals surface area contributed by atoms with E-state index >= 15 is 0 Å². The first-order chi connectivity index (χ1) is 13.4. The van der Waals surface area contributed by atoms with E-state index < -0.39 is 4.92 Å². The van der Waals surface area contributed by atoms with Crippen LogP contribution < -0.4 is 5.32 Å². The van der Waals surface area contributed by atoms with Gasteiger partial charge in [0.25, 0.3) is 5.69 Å². The summed E-state index contributed by atoms with van der Waals surface area (Å²) in [5.74, 6) is -0.116. The first kappa shape index (κ1) is 19.7. The summed E-state index contributed by atoms with van der Waals surface area (Å²) in [5.41, 5.74) is 0.668. The fraction of sp³-hybridized carbons (Fsp3) is 0.316. The van der Waals surface area contributed by atoms with E-state index in [1.807, 2.05) is 6.92 Å². The Labute approximate surface area is 166 Å². The minimum Gasteiger partial charge on any atom is -0.330 e. The number of aromatic nitrogens is 1. The summed E-state index contributed by atoms with van der Waals surface area (Å²) in [5, 5.41) is 13.9. The quantitative estimate of drug-likeness (QED) is 0.416. The molecule has 0 aliphatic heterocycles. The van der Waals surface area contributed by atoms with Gasteiger partial charge in [-0.25, -0.2) is 4.98 Å². The van der Waals surface area contributed by atoms with Crippen LogP contribution in [0.4, 0.5) is 10.8 Å². The molecule has 146 valence electrons. The van der Waals surface area contributed by atoms with Gasteiger partial charge in [0.15, 0.2) is 5.13 Å². The lowest BCUT2D eigenvalue weighted by Gasteiger charge is -2.20. The number of nitro benzene ring substituents is 1. The number of anilines is 1. The molecular formula is C19H20N4O4S. The molecule has 0 radical (unpaired) electrons. The number of hydrogen-bond acceptors (Lipinski definition) is 6. The fourth-order valence-corrected chi connectivity index (χ4v) is 3.25. The molecule has 1 N–H and O–H groups in total. The number of non-ortho nitro benzene ring substituents is 1. The van der Waals surface area contributed by atoms with Gasteiger partial charge >= 0.3 is 0 Å². The molecule has 1 aliphatic rings. The number of benzene rings is 1. The maximum absolute atomic E-state index is 12.6. The molecule has 1 saturated carbocycles. The molecule has 2 amide bonds. The Morgan fingerprint density at radius 1 is 1.36 bits per heavy atom. The van der Waals surface area contributed by atoms with E-state index in [0.717, 1.165) is 17.7 Å². The normalized spacial score (nSPS) is 13.5. The van der Waals surface area contributed by atoms with Crippen molar-refractivity contribution in [1.82, 2.24) is 9.88 Å². The standard InChI is InChI=1S/C19H20N4O4S/c1-13-10-20-19(28-13)21-17(24)12-22(11-15-2-3-15)18(25)9-6-14-4-7-16(8-5-14)23(26)27/h4-10,15H,2-3,11-12H2,1H3,(H,20,21,24)/b9-6+. The predicted octanol–water partition coefficient (Wildman–Crippen LogP) is 3.25. The number of nitrogens with one attached hydrogen (secondary N) is 1. The number of hydrogen-bond donors (Lipinski definition) is 1. The Hall–Kier alpha value is -3.07. The molecule has 1 aromatic carbocycles. The van der Waals surface area contributed by atoms with Crippen LogP contribution in [0.2, 0.25) is 0 Å². The summed E-state index contributed by atoms with van der Waals surface area (Å²) in [4.78, 5) is 41.7. The van der Waals surface area contributed by atoms with E-state index in [0.29, 0.717) is 23.2 Å². The van der Waals surface area contributed by atoms with Crippen molar-refractivity contribution in [1.29, 1.82) is 0 Å². The van der Waals surface area contributed by atoms with Crippen molar-refractivity contribution >= 4 is 40.0 Å². The molecule has 3 rings (SSSR count). The molecule has 0 atom stereocenters. The molecular weight excluding hydrogens is 380 g/mol. The van der Waals surface area contributed by atoms with Crippen molar-refractivity contribution < 1.29 is 14.5 Å². The number of carbonyl (C=O) groups is 2. The molecule has 0 spiro atoms. The highest BCUT2D eigenvalue weighted by molar-refractivity contribution is 7.15. The van der Waals surface area contributed by atoms with Gasteiger partial charge in [0.05, 0.1) is 4.92 Å². The highest BCUT2D eigenvalue weighted by Gasteiger charge is 2.27. The molecule has 28 heavy (non-hydrogen) atoms. The van der Waals surface area contributed by atoms with Gasteiger partial charge in [0.2, 0.25) is 11.8 Å². The minimum atomic E-state index is -0.474. The van der Waals surface area contributed by atoms with Crippen molar-refractivity contribution in [2.45, 2.75) is 19.8 Å². The predicted molar refractivity (Wildman–Crippen MR) is 107 cm³/mol. The molecule has 8 nitrogen and oxygen atoms in total. The zero-order valence-electron chi connectivity index (χ0n) is 15.3. The van der Waals surface area contributed by atoms with Gasteiger partial charge in [-0.05, 0) is 49.5 Å². The van der Waals surface area contributed by atoms with Gasteiger partial charge in [-0.1, -0.05) is 0 Å². The molecule has 1 fully saturated rings. The highest BCUT2D eigenvalue weighted by Crippen LogP contribution is 2.30. The van der Waals surface area contributed by atoms with Crippen LogP contribution in [0.5, 0.6) is 0 Å². The number of rotatable bonds is 8. The van der Waals surface area contributed by atoms with Crippen LogP contribution >= 0.6 is 11.3 Å². The number of aryl methyl sites for hydroxylation is 1. The summed E-state index contributed by atoms with van der Waals surface area (Å²) in [6.07, 6.45) is 6.78. The fourth-order valence-electron chi connectivity index (χ4n) is 2.57. The average Bonchev–Trinajstić information content (AvgIpc) is 3.39. The van der Waals surface area contributed by atoms with Gasteiger partial charge in [0.1, 0.15) is 6.54 Å². The Morgan fingerprint density at radius 2 is 2.07 bits per heavy atom. The van der Waals surface area contributed by atoms with Gasteiger partial charge in [0, 0.05) is 35.8 Å². The zero-order chi connectivity index (χ0) is 20.1. The molecule has 1 aliphatic carbocycles. The van der Waals surface area contributed by atoms with Gasteiger partial charge in [-0.3, -0.25) is 19.7 Å². The van der Waals surface area contributed by atoms with Crippen molar-refractivity contribution in [2.24, 2.45) is 5.92 Å². The smallest absolute Gasteiger partial charge is 0.269 e. The van der Waals surface area contributed by atoms with E-state index in [9.17, 15) is 19.7 Å². The summed E-state index contributed by atoms with van der Waals surface area (Å²) < 4.78 is 0. The van der Waals surface area contributed by atoms with Crippen LogP contribution in [0.15, 0.2) is 36.5 Å². The van der Waals surface area contributed by atoms with Crippen LogP contribution in [-0.4, -0.2) is 39.7 Å². The van der Waals surface area contributed by atoms with E-state index in [1.165, 1.54) is 34.4 Å². The SMILES string of the molecule is Cc1cnc(NC(=O)CN(CC2CC2)C(=O)/C=C/c2ccc([N+](=O)[O-])cc2)s1. The second-order valence-electron chi connectivity index (χ2n) is 6.67. The number of amides is 2. The van der Waals surface area contributed by atoms with E-state index in [-0.39, 0.29) is 24.0 Å². The third kappa shape index (κ3) is 5.71. The first-order valence-corrected chi connectivity index (χ1v) is 9.66. The Kier molecular flexibility index (Phi) is 6.15. The van der Waals surface area contributed by atoms with Crippen molar-refractivity contribution in [3.05, 3.63) is 57.1 Å².